The Morgan fingerprint density at radius 2 is 1.36 bits per heavy atom. The third kappa shape index (κ3) is 8.38. The van der Waals surface area contributed by atoms with Crippen LogP contribution in [0.1, 0.15) is 47.0 Å². The van der Waals surface area contributed by atoms with Crippen LogP contribution in [0.4, 0.5) is 11.6 Å². The first-order valence-electron chi connectivity index (χ1n) is 13.5. The molecule has 0 saturated heterocycles. The molecular weight excluding hydrogens is 578 g/mol. The van der Waals surface area contributed by atoms with Crippen molar-refractivity contribution in [1.82, 2.24) is 15.3 Å². The minimum Gasteiger partial charge on any atom is -0.478 e. The molecule has 0 radical (unpaired) electrons. The predicted octanol–water partition coefficient (Wildman–Crippen LogP) is 4.81. The number of aromatic nitrogens is 2. The number of carboxylic acids is 1. The second-order valence-electron chi connectivity index (χ2n) is 9.41. The SMILES string of the molecule is COC(=O)c1cccc(C(=O)NC2=Nc3ccccc3C2)c1.COC(=O)c1cccc(C(=O)O)c1.Nc1nc2ccccc2[nH]1. The van der Waals surface area contributed by atoms with Gasteiger partial charge in [0.1, 0.15) is 5.84 Å². The number of methoxy groups -OCH3 is 2. The summed E-state index contributed by atoms with van der Waals surface area (Å²) < 4.78 is 9.09. The molecule has 0 aliphatic carbocycles. The zero-order valence-electron chi connectivity index (χ0n) is 24.3. The minimum absolute atomic E-state index is 0.0721. The van der Waals surface area contributed by atoms with Gasteiger partial charge in [-0.2, -0.15) is 0 Å². The molecule has 228 valence electrons. The minimum atomic E-state index is -1.06. The Kier molecular flexibility index (Phi) is 10.4. The number of aromatic amines is 1. The average Bonchev–Trinajstić information content (AvgIpc) is 3.66. The predicted molar refractivity (Wildman–Crippen MR) is 168 cm³/mol. The van der Waals surface area contributed by atoms with Crippen molar-refractivity contribution in [3.8, 4) is 0 Å². The van der Waals surface area contributed by atoms with Gasteiger partial charge in [0.2, 0.25) is 0 Å². The van der Waals surface area contributed by atoms with E-state index in [1.54, 1.807) is 18.2 Å². The summed E-state index contributed by atoms with van der Waals surface area (Å²) in [5, 5.41) is 11.4. The highest BCUT2D eigenvalue weighted by atomic mass is 16.5. The Hall–Kier alpha value is -6.30. The summed E-state index contributed by atoms with van der Waals surface area (Å²) in [6.07, 6.45) is 0.596. The second-order valence-corrected chi connectivity index (χ2v) is 9.41. The highest BCUT2D eigenvalue weighted by Gasteiger charge is 2.17. The van der Waals surface area contributed by atoms with Crippen LogP contribution in [0.25, 0.3) is 11.0 Å². The maximum atomic E-state index is 12.3. The summed E-state index contributed by atoms with van der Waals surface area (Å²) in [6.45, 7) is 0. The topological polar surface area (TPSA) is 186 Å². The van der Waals surface area contributed by atoms with Crippen LogP contribution in [0.15, 0.2) is 102 Å². The fraction of sp³-hybridized carbons (Fsp3) is 0.0909. The van der Waals surface area contributed by atoms with E-state index in [0.29, 0.717) is 29.3 Å². The number of ether oxygens (including phenoxy) is 2. The molecular formula is C33H29N5O7. The number of para-hydroxylation sites is 3. The molecule has 4 aromatic carbocycles. The first kappa shape index (κ1) is 31.6. The molecule has 1 aliphatic heterocycles. The van der Waals surface area contributed by atoms with Crippen LogP contribution in [-0.2, 0) is 15.9 Å². The number of fused-ring (bicyclic) bond motifs is 2. The number of aromatic carboxylic acids is 1. The summed E-state index contributed by atoms with van der Waals surface area (Å²) in [5.41, 5.74) is 10.3. The standard InChI is InChI=1S/C17H14N2O3.C9H8O4.C7H7N3/c1-22-17(21)13-7-4-6-12(9-13)16(20)19-15-10-11-5-2-3-8-14(11)18-15;1-13-9(12)7-4-2-3-6(5-7)8(10)11;8-7-9-5-3-1-2-4-6(5)10-7/h2-9H,10H2,1H3,(H,18,19,20);2-5H,1H3,(H,10,11);1-4H,(H3,8,9,10). The molecule has 12 nitrogen and oxygen atoms in total. The number of amides is 1. The number of aliphatic imine (C=N–C) groups is 1. The third-order valence-electron chi connectivity index (χ3n) is 6.35. The molecule has 0 saturated carbocycles. The number of esters is 2. The summed E-state index contributed by atoms with van der Waals surface area (Å²) in [6, 6.07) is 27.6. The van der Waals surface area contributed by atoms with Crippen molar-refractivity contribution in [2.75, 3.05) is 20.0 Å². The Labute approximate surface area is 257 Å². The fourth-order valence-corrected chi connectivity index (χ4v) is 4.18. The molecule has 1 amide bonds. The van der Waals surface area contributed by atoms with Gasteiger partial charge in [0.25, 0.3) is 5.91 Å². The van der Waals surface area contributed by atoms with Gasteiger partial charge in [-0.1, -0.05) is 42.5 Å². The van der Waals surface area contributed by atoms with Gasteiger partial charge >= 0.3 is 17.9 Å². The molecule has 1 aromatic heterocycles. The molecule has 6 rings (SSSR count). The van der Waals surface area contributed by atoms with E-state index in [-0.39, 0.29) is 17.0 Å². The van der Waals surface area contributed by atoms with E-state index in [2.05, 4.69) is 29.8 Å². The van der Waals surface area contributed by atoms with Crippen LogP contribution in [0.2, 0.25) is 0 Å². The monoisotopic (exact) mass is 607 g/mol. The van der Waals surface area contributed by atoms with E-state index in [1.807, 2.05) is 48.5 Å². The molecule has 12 heteroatoms. The van der Waals surface area contributed by atoms with Gasteiger partial charge in [0.05, 0.1) is 47.6 Å². The zero-order valence-corrected chi connectivity index (χ0v) is 24.3. The van der Waals surface area contributed by atoms with Crippen LogP contribution >= 0.6 is 0 Å². The van der Waals surface area contributed by atoms with Crippen molar-refractivity contribution in [1.29, 1.82) is 0 Å². The number of hydrogen-bond donors (Lipinski definition) is 4. The summed E-state index contributed by atoms with van der Waals surface area (Å²) >= 11 is 0. The quantitative estimate of drug-likeness (QED) is 0.208. The van der Waals surface area contributed by atoms with Crippen molar-refractivity contribution >= 4 is 52.3 Å². The smallest absolute Gasteiger partial charge is 0.337 e. The van der Waals surface area contributed by atoms with E-state index in [1.165, 1.54) is 44.6 Å². The number of nitrogens with zero attached hydrogens (tertiary/aromatic N) is 2. The lowest BCUT2D eigenvalue weighted by Gasteiger charge is -2.06. The number of nitrogens with one attached hydrogen (secondary N) is 2. The maximum absolute atomic E-state index is 12.3. The average molecular weight is 608 g/mol. The Bertz CT molecular complexity index is 1860. The van der Waals surface area contributed by atoms with E-state index in [4.69, 9.17) is 10.8 Å². The van der Waals surface area contributed by atoms with Gasteiger partial charge in [-0.25, -0.2) is 24.4 Å². The van der Waals surface area contributed by atoms with Crippen molar-refractivity contribution in [2.45, 2.75) is 6.42 Å². The van der Waals surface area contributed by atoms with Crippen molar-refractivity contribution in [3.63, 3.8) is 0 Å². The summed E-state index contributed by atoms with van der Waals surface area (Å²) in [5.74, 6) is -1.29. The number of nitrogens with two attached hydrogens (primary N) is 1. The van der Waals surface area contributed by atoms with Crippen LogP contribution < -0.4 is 11.1 Å². The molecule has 0 fully saturated rings. The normalized spacial score (nSPS) is 11.0. The molecule has 0 unspecified atom stereocenters. The molecule has 0 atom stereocenters. The number of benzene rings is 4. The highest BCUT2D eigenvalue weighted by Crippen LogP contribution is 2.25. The summed E-state index contributed by atoms with van der Waals surface area (Å²) in [4.78, 5) is 56.6. The van der Waals surface area contributed by atoms with Crippen LogP contribution in [0.3, 0.4) is 0 Å². The lowest BCUT2D eigenvalue weighted by Crippen LogP contribution is -2.30. The van der Waals surface area contributed by atoms with E-state index in [0.717, 1.165) is 22.3 Å². The van der Waals surface area contributed by atoms with Crippen molar-refractivity contribution < 1.29 is 33.8 Å². The number of carbonyl (C=O) groups excluding carboxylic acids is 3. The van der Waals surface area contributed by atoms with E-state index >= 15 is 0 Å². The number of anilines is 1. The van der Waals surface area contributed by atoms with Gasteiger partial charge in [0, 0.05) is 12.0 Å². The van der Waals surface area contributed by atoms with Gasteiger partial charge in [-0.05, 0) is 60.2 Å². The van der Waals surface area contributed by atoms with E-state index in [9.17, 15) is 19.2 Å². The van der Waals surface area contributed by atoms with Crippen LogP contribution in [0.5, 0.6) is 0 Å². The van der Waals surface area contributed by atoms with Gasteiger partial charge in [-0.15, -0.1) is 0 Å². The largest absolute Gasteiger partial charge is 0.478 e. The fourth-order valence-electron chi connectivity index (χ4n) is 4.18. The Morgan fingerprint density at radius 3 is 1.98 bits per heavy atom. The number of hydrogen-bond acceptors (Lipinski definition) is 9. The number of rotatable bonds is 4. The van der Waals surface area contributed by atoms with E-state index < -0.39 is 17.9 Å². The number of carbonyl (C=O) groups is 4. The molecule has 5 N–H and O–H groups in total. The molecule has 2 heterocycles. The number of nitrogen functional groups attached to an aromatic ring is 1. The lowest BCUT2D eigenvalue weighted by molar-refractivity contribution is 0.0591. The van der Waals surface area contributed by atoms with Gasteiger partial charge in [-0.3, -0.25) is 4.79 Å². The molecule has 0 bridgehead atoms. The van der Waals surface area contributed by atoms with Gasteiger partial charge in [0.15, 0.2) is 5.95 Å². The number of amidine groups is 1. The van der Waals surface area contributed by atoms with Crippen LogP contribution in [-0.4, -0.2) is 58.9 Å². The zero-order chi connectivity index (χ0) is 32.3. The Morgan fingerprint density at radius 1 is 0.778 bits per heavy atom. The Balaban J connectivity index is 0.000000169. The van der Waals surface area contributed by atoms with Crippen molar-refractivity contribution in [2.24, 2.45) is 4.99 Å². The van der Waals surface area contributed by atoms with Crippen LogP contribution in [0, 0.1) is 0 Å². The lowest BCUT2D eigenvalue weighted by atomic mass is 10.1. The van der Waals surface area contributed by atoms with Gasteiger partial charge < -0.3 is 30.6 Å². The molecule has 1 aliphatic rings. The van der Waals surface area contributed by atoms with Crippen molar-refractivity contribution in [3.05, 3.63) is 125 Å². The summed E-state index contributed by atoms with van der Waals surface area (Å²) in [7, 11) is 2.55. The second kappa shape index (κ2) is 14.7. The highest BCUT2D eigenvalue weighted by molar-refractivity contribution is 6.09. The molecule has 5 aromatic rings. The number of imidazole rings is 1. The number of carboxylic acid groups (broad SMARTS) is 1. The first-order chi connectivity index (χ1) is 21.7. The third-order valence-corrected chi connectivity index (χ3v) is 6.35. The first-order valence-corrected chi connectivity index (χ1v) is 13.5. The number of H-pyrrole nitrogens is 1. The molecule has 0 spiro atoms. The maximum Gasteiger partial charge on any atom is 0.337 e. The molecule has 45 heavy (non-hydrogen) atoms.